The number of para-hydroxylation sites is 2. The molecule has 0 fully saturated rings. The highest BCUT2D eigenvalue weighted by Gasteiger charge is 2.13. The van der Waals surface area contributed by atoms with Crippen LogP contribution >= 0.6 is 0 Å². The molecule has 0 radical (unpaired) electrons. The number of hydrogen-bond acceptors (Lipinski definition) is 3. The SMILES string of the molecule is CCNc1ccccc1-c1nc(=O)c2ccccc2n1CC. The summed E-state index contributed by atoms with van der Waals surface area (Å²) in [6.45, 7) is 5.69. The van der Waals surface area contributed by atoms with Crippen LogP contribution in [0.2, 0.25) is 0 Å². The fraction of sp³-hybridized carbons (Fsp3) is 0.222. The van der Waals surface area contributed by atoms with Gasteiger partial charge in [-0.25, -0.2) is 0 Å². The Hall–Kier alpha value is -2.62. The zero-order chi connectivity index (χ0) is 15.5. The average molecular weight is 293 g/mol. The number of aryl methyl sites for hydroxylation is 1. The average Bonchev–Trinajstić information content (AvgIpc) is 2.56. The molecule has 4 nitrogen and oxygen atoms in total. The monoisotopic (exact) mass is 293 g/mol. The first kappa shape index (κ1) is 14.3. The number of nitrogens with zero attached hydrogens (tertiary/aromatic N) is 2. The Morgan fingerprint density at radius 3 is 2.55 bits per heavy atom. The molecule has 0 saturated carbocycles. The van der Waals surface area contributed by atoms with Gasteiger partial charge in [0.25, 0.3) is 5.56 Å². The van der Waals surface area contributed by atoms with E-state index in [1.807, 2.05) is 48.5 Å². The number of anilines is 1. The molecule has 0 aliphatic rings. The normalized spacial score (nSPS) is 10.8. The Kier molecular flexibility index (Phi) is 3.92. The van der Waals surface area contributed by atoms with Gasteiger partial charge >= 0.3 is 0 Å². The predicted octanol–water partition coefficient (Wildman–Crippen LogP) is 3.52. The van der Waals surface area contributed by atoms with E-state index in [2.05, 4.69) is 28.7 Å². The van der Waals surface area contributed by atoms with Crippen LogP contribution in [0.1, 0.15) is 13.8 Å². The maximum atomic E-state index is 12.4. The Labute approximate surface area is 129 Å². The minimum Gasteiger partial charge on any atom is -0.385 e. The first-order valence-electron chi connectivity index (χ1n) is 7.59. The van der Waals surface area contributed by atoms with Gasteiger partial charge in [-0.05, 0) is 38.1 Å². The van der Waals surface area contributed by atoms with Crippen LogP contribution in [0, 0.1) is 0 Å². The standard InChI is InChI=1S/C18H19N3O/c1-3-19-15-11-7-5-9-13(15)17-20-18(22)14-10-6-8-12-16(14)21(17)4-2/h5-12,19H,3-4H2,1-2H3. The van der Waals surface area contributed by atoms with Gasteiger partial charge in [-0.15, -0.1) is 0 Å². The molecule has 0 aliphatic heterocycles. The highest BCUT2D eigenvalue weighted by Crippen LogP contribution is 2.27. The summed E-state index contributed by atoms with van der Waals surface area (Å²) in [4.78, 5) is 16.7. The minimum atomic E-state index is -0.179. The second kappa shape index (κ2) is 6.02. The first-order chi connectivity index (χ1) is 10.8. The number of nitrogens with one attached hydrogen (secondary N) is 1. The molecule has 22 heavy (non-hydrogen) atoms. The fourth-order valence-corrected chi connectivity index (χ4v) is 2.77. The molecule has 0 spiro atoms. The van der Waals surface area contributed by atoms with E-state index in [-0.39, 0.29) is 5.56 Å². The van der Waals surface area contributed by atoms with Crippen molar-refractivity contribution in [1.29, 1.82) is 0 Å². The van der Waals surface area contributed by atoms with Crippen molar-refractivity contribution in [2.24, 2.45) is 0 Å². The van der Waals surface area contributed by atoms with Gasteiger partial charge in [-0.2, -0.15) is 4.98 Å². The highest BCUT2D eigenvalue weighted by molar-refractivity contribution is 5.82. The second-order valence-corrected chi connectivity index (χ2v) is 5.08. The minimum absolute atomic E-state index is 0.179. The first-order valence-corrected chi connectivity index (χ1v) is 7.59. The summed E-state index contributed by atoms with van der Waals surface area (Å²) < 4.78 is 2.09. The van der Waals surface area contributed by atoms with Gasteiger partial charge in [0.1, 0.15) is 5.82 Å². The van der Waals surface area contributed by atoms with Crippen molar-refractivity contribution in [3.8, 4) is 11.4 Å². The third-order valence-electron chi connectivity index (χ3n) is 3.74. The number of hydrogen-bond donors (Lipinski definition) is 1. The van der Waals surface area contributed by atoms with Crippen LogP contribution < -0.4 is 10.9 Å². The number of benzene rings is 2. The van der Waals surface area contributed by atoms with E-state index >= 15 is 0 Å². The number of rotatable bonds is 4. The molecule has 1 N–H and O–H groups in total. The number of fused-ring (bicyclic) bond motifs is 1. The van der Waals surface area contributed by atoms with Crippen molar-refractivity contribution in [1.82, 2.24) is 9.55 Å². The molecule has 0 atom stereocenters. The molecule has 3 aromatic rings. The van der Waals surface area contributed by atoms with Crippen LogP contribution in [0.5, 0.6) is 0 Å². The van der Waals surface area contributed by atoms with Gasteiger partial charge in [-0.3, -0.25) is 4.79 Å². The Morgan fingerprint density at radius 2 is 1.77 bits per heavy atom. The van der Waals surface area contributed by atoms with Gasteiger partial charge in [-0.1, -0.05) is 24.3 Å². The summed E-state index contributed by atoms with van der Waals surface area (Å²) in [5, 5.41) is 4.00. The largest absolute Gasteiger partial charge is 0.385 e. The molecule has 1 aromatic heterocycles. The second-order valence-electron chi connectivity index (χ2n) is 5.08. The lowest BCUT2D eigenvalue weighted by atomic mass is 10.1. The van der Waals surface area contributed by atoms with Crippen LogP contribution in [-0.2, 0) is 6.54 Å². The van der Waals surface area contributed by atoms with E-state index in [4.69, 9.17) is 0 Å². The Balaban J connectivity index is 2.34. The third kappa shape index (κ3) is 2.37. The Morgan fingerprint density at radius 1 is 1.05 bits per heavy atom. The topological polar surface area (TPSA) is 46.9 Å². The predicted molar refractivity (Wildman–Crippen MR) is 91.3 cm³/mol. The maximum Gasteiger partial charge on any atom is 0.281 e. The van der Waals surface area contributed by atoms with Crippen molar-refractivity contribution in [3.05, 3.63) is 58.9 Å². The maximum absolute atomic E-state index is 12.4. The molecule has 0 unspecified atom stereocenters. The summed E-state index contributed by atoms with van der Waals surface area (Å²) in [5.41, 5.74) is 2.69. The van der Waals surface area contributed by atoms with Gasteiger partial charge in [0.05, 0.1) is 10.9 Å². The molecular weight excluding hydrogens is 274 g/mol. The molecule has 112 valence electrons. The molecule has 0 bridgehead atoms. The van der Waals surface area contributed by atoms with E-state index in [9.17, 15) is 4.79 Å². The lowest BCUT2D eigenvalue weighted by molar-refractivity contribution is 0.775. The van der Waals surface area contributed by atoms with Crippen LogP contribution in [0.3, 0.4) is 0 Å². The van der Waals surface area contributed by atoms with Gasteiger partial charge in [0, 0.05) is 24.3 Å². The number of aromatic nitrogens is 2. The summed E-state index contributed by atoms with van der Waals surface area (Å²) in [5.74, 6) is 0.711. The van der Waals surface area contributed by atoms with E-state index in [1.54, 1.807) is 0 Å². The van der Waals surface area contributed by atoms with Crippen LogP contribution in [0.15, 0.2) is 53.3 Å². The molecule has 4 heteroatoms. The van der Waals surface area contributed by atoms with E-state index in [0.29, 0.717) is 11.2 Å². The fourth-order valence-electron chi connectivity index (χ4n) is 2.77. The molecule has 0 amide bonds. The zero-order valence-corrected chi connectivity index (χ0v) is 12.8. The van der Waals surface area contributed by atoms with Crippen molar-refractivity contribution < 1.29 is 0 Å². The molecule has 2 aromatic carbocycles. The summed E-state index contributed by atoms with van der Waals surface area (Å²) in [6.07, 6.45) is 0. The van der Waals surface area contributed by atoms with Crippen molar-refractivity contribution in [2.45, 2.75) is 20.4 Å². The lowest BCUT2D eigenvalue weighted by Crippen LogP contribution is -2.16. The van der Waals surface area contributed by atoms with Gasteiger partial charge in [0.2, 0.25) is 0 Å². The highest BCUT2D eigenvalue weighted by atomic mass is 16.1. The van der Waals surface area contributed by atoms with Crippen LogP contribution in [0.25, 0.3) is 22.3 Å². The van der Waals surface area contributed by atoms with Crippen LogP contribution in [0.4, 0.5) is 5.69 Å². The lowest BCUT2D eigenvalue weighted by Gasteiger charge is -2.16. The zero-order valence-electron chi connectivity index (χ0n) is 12.8. The summed E-state index contributed by atoms with van der Waals surface area (Å²) in [6, 6.07) is 15.6. The molecule has 1 heterocycles. The van der Waals surface area contributed by atoms with Crippen LogP contribution in [-0.4, -0.2) is 16.1 Å². The Bertz CT molecular complexity index is 868. The summed E-state index contributed by atoms with van der Waals surface area (Å²) in [7, 11) is 0. The molecular formula is C18H19N3O. The molecule has 0 saturated heterocycles. The third-order valence-corrected chi connectivity index (χ3v) is 3.74. The van der Waals surface area contributed by atoms with Gasteiger partial charge < -0.3 is 9.88 Å². The van der Waals surface area contributed by atoms with E-state index in [1.165, 1.54) is 0 Å². The van der Waals surface area contributed by atoms with Crippen molar-refractivity contribution >= 4 is 16.6 Å². The van der Waals surface area contributed by atoms with E-state index in [0.717, 1.165) is 29.9 Å². The quantitative estimate of drug-likeness (QED) is 0.800. The summed E-state index contributed by atoms with van der Waals surface area (Å²) >= 11 is 0. The van der Waals surface area contributed by atoms with Crippen molar-refractivity contribution in [2.75, 3.05) is 11.9 Å². The smallest absolute Gasteiger partial charge is 0.281 e. The van der Waals surface area contributed by atoms with Crippen molar-refractivity contribution in [3.63, 3.8) is 0 Å². The van der Waals surface area contributed by atoms with Gasteiger partial charge in [0.15, 0.2) is 0 Å². The molecule has 3 rings (SSSR count). The van der Waals surface area contributed by atoms with E-state index < -0.39 is 0 Å². The molecule has 0 aliphatic carbocycles.